The van der Waals surface area contributed by atoms with Crippen LogP contribution in [0.5, 0.6) is 0 Å². The van der Waals surface area contributed by atoms with Crippen LogP contribution in [0.2, 0.25) is 0 Å². The maximum atomic E-state index is 12.9. The molecule has 2 rings (SSSR count). The van der Waals surface area contributed by atoms with Gasteiger partial charge in [-0.15, -0.1) is 0 Å². The van der Waals surface area contributed by atoms with Crippen molar-refractivity contribution in [2.45, 2.75) is 69.3 Å². The number of carboxylic acids is 2. The minimum atomic E-state index is -1.48. The third-order valence-electron chi connectivity index (χ3n) is 5.48. The number of amides is 3. The quantitative estimate of drug-likeness (QED) is 0.166. The Kier molecular flexibility index (Phi) is 9.50. The first kappa shape index (κ1) is 26.7. The molecule has 3 amide bonds. The number of hydrogen-bond acceptors (Lipinski definition) is 8. The summed E-state index contributed by atoms with van der Waals surface area (Å²) >= 11 is 0. The molecule has 1 aliphatic rings. The normalized spacial score (nSPS) is 19.0. The zero-order valence-electron chi connectivity index (χ0n) is 18.6. The van der Waals surface area contributed by atoms with Gasteiger partial charge in [0.2, 0.25) is 17.7 Å². The Balaban J connectivity index is 2.04. The van der Waals surface area contributed by atoms with Gasteiger partial charge in [0, 0.05) is 31.3 Å². The Morgan fingerprint density at radius 2 is 1.97 bits per heavy atom. The van der Waals surface area contributed by atoms with Gasteiger partial charge in [0.15, 0.2) is 0 Å². The molecule has 0 aromatic carbocycles. The Labute approximate surface area is 194 Å². The van der Waals surface area contributed by atoms with E-state index in [1.165, 1.54) is 24.3 Å². The second kappa shape index (κ2) is 12.1. The molecule has 1 aromatic rings. The number of aliphatic hydroxyl groups is 1. The molecule has 14 heteroatoms. The molecule has 188 valence electrons. The first-order chi connectivity index (χ1) is 16.0. The summed E-state index contributed by atoms with van der Waals surface area (Å²) < 4.78 is 0. The number of aromatic amines is 1. The predicted octanol–water partition coefficient (Wildman–Crippen LogP) is -2.43. The van der Waals surface area contributed by atoms with Crippen molar-refractivity contribution in [1.82, 2.24) is 25.5 Å². The van der Waals surface area contributed by atoms with Gasteiger partial charge in [-0.1, -0.05) is 0 Å². The van der Waals surface area contributed by atoms with Crippen LogP contribution in [0.15, 0.2) is 12.5 Å². The molecule has 1 aliphatic heterocycles. The molecule has 0 saturated carbocycles. The highest BCUT2D eigenvalue weighted by Crippen LogP contribution is 2.19. The van der Waals surface area contributed by atoms with Crippen molar-refractivity contribution in [1.29, 1.82) is 0 Å². The molecule has 1 fully saturated rings. The highest BCUT2D eigenvalue weighted by molar-refractivity contribution is 5.94. The fourth-order valence-corrected chi connectivity index (χ4v) is 3.65. The molecule has 5 atom stereocenters. The number of carboxylic acid groups (broad SMARTS) is 2. The molecule has 8 N–H and O–H groups in total. The number of aliphatic hydroxyl groups excluding tert-OH is 1. The number of imidazole rings is 1. The van der Waals surface area contributed by atoms with Gasteiger partial charge in [-0.05, 0) is 26.2 Å². The molecule has 14 nitrogen and oxygen atoms in total. The van der Waals surface area contributed by atoms with E-state index in [1.54, 1.807) is 0 Å². The van der Waals surface area contributed by atoms with Crippen LogP contribution < -0.4 is 16.4 Å². The smallest absolute Gasteiger partial charge is 0.326 e. The molecule has 0 radical (unpaired) electrons. The van der Waals surface area contributed by atoms with E-state index < -0.39 is 59.9 Å². The van der Waals surface area contributed by atoms with Crippen LogP contribution >= 0.6 is 0 Å². The summed E-state index contributed by atoms with van der Waals surface area (Å²) in [4.78, 5) is 68.3. The fourth-order valence-electron chi connectivity index (χ4n) is 3.65. The van der Waals surface area contributed by atoms with E-state index in [1.807, 2.05) is 0 Å². The monoisotopic (exact) mass is 482 g/mol. The van der Waals surface area contributed by atoms with Crippen molar-refractivity contribution in [2.24, 2.45) is 5.73 Å². The molecule has 5 unspecified atom stereocenters. The lowest BCUT2D eigenvalue weighted by Crippen LogP contribution is -2.59. The average molecular weight is 482 g/mol. The summed E-state index contributed by atoms with van der Waals surface area (Å²) in [6.45, 7) is 1.49. The molecule has 0 aliphatic carbocycles. The average Bonchev–Trinajstić information content (AvgIpc) is 3.46. The first-order valence-electron chi connectivity index (χ1n) is 10.8. The molecular weight excluding hydrogens is 452 g/mol. The Morgan fingerprint density at radius 3 is 2.53 bits per heavy atom. The van der Waals surface area contributed by atoms with Crippen molar-refractivity contribution < 1.29 is 39.3 Å². The van der Waals surface area contributed by atoms with Gasteiger partial charge in [-0.3, -0.25) is 19.2 Å². The SMILES string of the molecule is CC(O)C(NC(=O)C1CCCN1C(=O)C(N)CCC(=O)O)C(=O)NC(Cc1cnc[nH]1)C(=O)O. The van der Waals surface area contributed by atoms with E-state index in [0.29, 0.717) is 12.1 Å². The summed E-state index contributed by atoms with van der Waals surface area (Å²) in [5.74, 6) is -4.62. The van der Waals surface area contributed by atoms with Crippen LogP contribution in [0.3, 0.4) is 0 Å². The number of likely N-dealkylation sites (tertiary alicyclic amines) is 1. The number of nitrogens with two attached hydrogens (primary N) is 1. The van der Waals surface area contributed by atoms with Gasteiger partial charge in [-0.25, -0.2) is 9.78 Å². The molecular formula is C20H30N6O8. The van der Waals surface area contributed by atoms with Gasteiger partial charge in [0.25, 0.3) is 0 Å². The van der Waals surface area contributed by atoms with Gasteiger partial charge < -0.3 is 41.6 Å². The van der Waals surface area contributed by atoms with E-state index in [9.17, 15) is 34.2 Å². The lowest BCUT2D eigenvalue weighted by molar-refractivity contribution is -0.144. The predicted molar refractivity (Wildman–Crippen MR) is 115 cm³/mol. The zero-order valence-corrected chi connectivity index (χ0v) is 18.6. The number of nitrogens with zero attached hydrogens (tertiary/aromatic N) is 2. The van der Waals surface area contributed by atoms with Gasteiger partial charge >= 0.3 is 11.9 Å². The van der Waals surface area contributed by atoms with E-state index in [4.69, 9.17) is 10.8 Å². The number of carbonyl (C=O) groups is 5. The lowest BCUT2D eigenvalue weighted by Gasteiger charge is -2.29. The second-order valence-corrected chi connectivity index (χ2v) is 8.14. The van der Waals surface area contributed by atoms with Gasteiger partial charge in [0.05, 0.1) is 18.5 Å². The summed E-state index contributed by atoms with van der Waals surface area (Å²) in [7, 11) is 0. The standard InChI is InChI=1S/C20H30N6O8/c1-10(27)16(18(31)24-13(20(33)34)7-11-8-22-9-23-11)25-17(30)14-3-2-6-26(14)19(32)12(21)4-5-15(28)29/h8-10,12-14,16,27H,2-7,21H2,1H3,(H,22,23)(H,24,31)(H,25,30)(H,28,29)(H,33,34). The van der Waals surface area contributed by atoms with Crippen LogP contribution in [-0.4, -0.2) is 96.7 Å². The number of carbonyl (C=O) groups excluding carboxylic acids is 3. The maximum Gasteiger partial charge on any atom is 0.326 e. The van der Waals surface area contributed by atoms with E-state index >= 15 is 0 Å². The van der Waals surface area contributed by atoms with Crippen molar-refractivity contribution in [3.8, 4) is 0 Å². The fraction of sp³-hybridized carbons (Fsp3) is 0.600. The number of rotatable bonds is 12. The minimum Gasteiger partial charge on any atom is -0.481 e. The number of H-pyrrole nitrogens is 1. The highest BCUT2D eigenvalue weighted by atomic mass is 16.4. The third-order valence-corrected chi connectivity index (χ3v) is 5.48. The van der Waals surface area contributed by atoms with Crippen molar-refractivity contribution in [2.75, 3.05) is 6.54 Å². The summed E-state index contributed by atoms with van der Waals surface area (Å²) in [6, 6.07) is -4.88. The van der Waals surface area contributed by atoms with E-state index in [2.05, 4.69) is 20.6 Å². The molecule has 34 heavy (non-hydrogen) atoms. The maximum absolute atomic E-state index is 12.9. The number of hydrogen-bond donors (Lipinski definition) is 7. The van der Waals surface area contributed by atoms with Crippen molar-refractivity contribution in [3.05, 3.63) is 18.2 Å². The summed E-state index contributed by atoms with van der Waals surface area (Å²) in [5, 5.41) is 33.0. The Hall–Kier alpha value is -3.52. The van der Waals surface area contributed by atoms with Crippen molar-refractivity contribution >= 4 is 29.7 Å². The molecule has 0 spiro atoms. The topological polar surface area (TPSA) is 228 Å². The molecule has 1 aromatic heterocycles. The van der Waals surface area contributed by atoms with Crippen LogP contribution in [0.4, 0.5) is 0 Å². The minimum absolute atomic E-state index is 0.0926. The van der Waals surface area contributed by atoms with Crippen LogP contribution in [-0.2, 0) is 30.4 Å². The lowest BCUT2D eigenvalue weighted by atomic mass is 10.1. The third kappa shape index (κ3) is 7.25. The van der Waals surface area contributed by atoms with E-state index in [0.717, 1.165) is 0 Å². The number of aromatic nitrogens is 2. The van der Waals surface area contributed by atoms with Gasteiger partial charge in [0.1, 0.15) is 18.1 Å². The second-order valence-electron chi connectivity index (χ2n) is 8.14. The zero-order chi connectivity index (χ0) is 25.4. The molecule has 1 saturated heterocycles. The first-order valence-corrected chi connectivity index (χ1v) is 10.8. The van der Waals surface area contributed by atoms with Crippen LogP contribution in [0.25, 0.3) is 0 Å². The Bertz CT molecular complexity index is 890. The molecule has 2 heterocycles. The van der Waals surface area contributed by atoms with E-state index in [-0.39, 0.29) is 32.2 Å². The van der Waals surface area contributed by atoms with Crippen LogP contribution in [0.1, 0.15) is 38.3 Å². The van der Waals surface area contributed by atoms with Crippen molar-refractivity contribution in [3.63, 3.8) is 0 Å². The summed E-state index contributed by atoms with van der Waals surface area (Å²) in [6.07, 6.45) is 1.69. The number of nitrogens with one attached hydrogen (secondary N) is 3. The highest BCUT2D eigenvalue weighted by Gasteiger charge is 2.38. The van der Waals surface area contributed by atoms with Gasteiger partial charge in [-0.2, -0.15) is 0 Å². The summed E-state index contributed by atoms with van der Waals surface area (Å²) in [5.41, 5.74) is 6.25. The Morgan fingerprint density at radius 1 is 1.26 bits per heavy atom. The largest absolute Gasteiger partial charge is 0.481 e. The van der Waals surface area contributed by atoms with Crippen LogP contribution in [0, 0.1) is 0 Å². The number of aliphatic carboxylic acids is 2. The molecule has 0 bridgehead atoms.